The number of carbonyl (C=O) groups excluding carboxylic acids is 3. The Hall–Kier alpha value is -4.19. The van der Waals surface area contributed by atoms with Gasteiger partial charge in [-0.05, 0) is 69.1 Å². The third-order valence-electron chi connectivity index (χ3n) is 7.20. The van der Waals surface area contributed by atoms with Gasteiger partial charge in [0, 0.05) is 0 Å². The molecular weight excluding hydrogens is 552 g/mol. The molecule has 2 atom stereocenters. The Morgan fingerprint density at radius 3 is 1.68 bits per heavy atom. The number of allylic oxidation sites excluding steroid dienone is 2. The highest BCUT2D eigenvalue weighted by Gasteiger charge is 2.58. The molecular formula is C38H46O6. The van der Waals surface area contributed by atoms with Crippen LogP contribution in [0.25, 0.3) is 0 Å². The van der Waals surface area contributed by atoms with E-state index in [0.717, 1.165) is 17.5 Å². The van der Waals surface area contributed by atoms with Gasteiger partial charge >= 0.3 is 17.9 Å². The smallest absolute Gasteiger partial charge is 0.325 e. The van der Waals surface area contributed by atoms with Crippen LogP contribution in [0.3, 0.4) is 0 Å². The van der Waals surface area contributed by atoms with E-state index in [2.05, 4.69) is 12.1 Å². The van der Waals surface area contributed by atoms with Gasteiger partial charge in [-0.25, -0.2) is 0 Å². The van der Waals surface area contributed by atoms with Crippen molar-refractivity contribution in [1.82, 2.24) is 0 Å². The molecule has 0 saturated carbocycles. The maximum atomic E-state index is 14.3. The van der Waals surface area contributed by atoms with Crippen molar-refractivity contribution in [1.29, 1.82) is 0 Å². The molecule has 0 spiro atoms. The second-order valence-corrected chi connectivity index (χ2v) is 12.5. The lowest BCUT2D eigenvalue weighted by molar-refractivity contribution is -0.191. The number of aryl methyl sites for hydroxylation is 1. The molecule has 0 heterocycles. The van der Waals surface area contributed by atoms with Crippen molar-refractivity contribution in [3.8, 4) is 0 Å². The van der Waals surface area contributed by atoms with Crippen LogP contribution < -0.4 is 0 Å². The van der Waals surface area contributed by atoms with E-state index in [1.54, 1.807) is 26.8 Å². The molecule has 234 valence electrons. The molecule has 0 saturated heterocycles. The van der Waals surface area contributed by atoms with Gasteiger partial charge in [0.1, 0.15) is 18.8 Å². The first-order valence-corrected chi connectivity index (χ1v) is 15.4. The summed E-state index contributed by atoms with van der Waals surface area (Å²) in [7, 11) is 0. The predicted octanol–water partition coefficient (Wildman–Crippen LogP) is 8.04. The summed E-state index contributed by atoms with van der Waals surface area (Å²) in [5.74, 6) is -3.40. The lowest BCUT2D eigenvalue weighted by Gasteiger charge is -2.37. The minimum atomic E-state index is -1.96. The predicted molar refractivity (Wildman–Crippen MR) is 172 cm³/mol. The quantitative estimate of drug-likeness (QED) is 0.0762. The fourth-order valence-electron chi connectivity index (χ4n) is 4.98. The lowest BCUT2D eigenvalue weighted by Crippen LogP contribution is -2.52. The Kier molecular flexibility index (Phi) is 12.9. The monoisotopic (exact) mass is 598 g/mol. The minimum absolute atomic E-state index is 0.0185. The van der Waals surface area contributed by atoms with Gasteiger partial charge in [0.15, 0.2) is 5.41 Å². The van der Waals surface area contributed by atoms with E-state index in [4.69, 9.17) is 14.2 Å². The number of hydrogen-bond donors (Lipinski definition) is 0. The van der Waals surface area contributed by atoms with E-state index in [1.165, 1.54) is 5.56 Å². The number of carbonyl (C=O) groups is 3. The molecule has 3 aromatic rings. The minimum Gasteiger partial charge on any atom is -0.461 e. The fraction of sp³-hybridized carbons (Fsp3) is 0.395. The van der Waals surface area contributed by atoms with Crippen LogP contribution in [0.4, 0.5) is 0 Å². The zero-order valence-electron chi connectivity index (χ0n) is 26.7. The summed E-state index contributed by atoms with van der Waals surface area (Å²) in [4.78, 5) is 42.5. The number of rotatable bonds is 15. The normalized spacial score (nSPS) is 13.7. The van der Waals surface area contributed by atoms with Crippen molar-refractivity contribution in [3.63, 3.8) is 0 Å². The molecule has 3 rings (SSSR count). The maximum Gasteiger partial charge on any atom is 0.325 e. The number of esters is 3. The molecule has 0 radical (unpaired) electrons. The Bertz CT molecular complexity index is 1340. The van der Waals surface area contributed by atoms with Crippen LogP contribution in [0.2, 0.25) is 0 Å². The average molecular weight is 599 g/mol. The molecule has 0 fully saturated rings. The van der Waals surface area contributed by atoms with Gasteiger partial charge in [0.2, 0.25) is 0 Å². The van der Waals surface area contributed by atoms with Crippen LogP contribution in [0.15, 0.2) is 103 Å². The van der Waals surface area contributed by atoms with Gasteiger partial charge in [-0.1, -0.05) is 117 Å². The summed E-state index contributed by atoms with van der Waals surface area (Å²) < 4.78 is 17.5. The van der Waals surface area contributed by atoms with E-state index in [1.807, 2.05) is 98.8 Å². The Morgan fingerprint density at radius 1 is 0.682 bits per heavy atom. The molecule has 3 aromatic carbocycles. The van der Waals surface area contributed by atoms with Crippen LogP contribution in [0.1, 0.15) is 70.6 Å². The number of ether oxygens (including phenoxy) is 3. The highest BCUT2D eigenvalue weighted by molar-refractivity contribution is 6.04. The van der Waals surface area contributed by atoms with Crippen molar-refractivity contribution >= 4 is 17.9 Å². The molecule has 0 bridgehead atoms. The van der Waals surface area contributed by atoms with E-state index in [-0.39, 0.29) is 32.0 Å². The molecule has 0 aromatic heterocycles. The van der Waals surface area contributed by atoms with E-state index >= 15 is 0 Å². The van der Waals surface area contributed by atoms with E-state index in [0.29, 0.717) is 6.42 Å². The molecule has 0 aliphatic heterocycles. The molecule has 0 amide bonds. The first-order valence-electron chi connectivity index (χ1n) is 15.4. The summed E-state index contributed by atoms with van der Waals surface area (Å²) >= 11 is 0. The lowest BCUT2D eigenvalue weighted by atomic mass is 9.69. The van der Waals surface area contributed by atoms with Gasteiger partial charge in [-0.2, -0.15) is 0 Å². The zero-order chi connectivity index (χ0) is 32.0. The molecule has 6 nitrogen and oxygen atoms in total. The Balaban J connectivity index is 2.01. The van der Waals surface area contributed by atoms with Crippen LogP contribution in [-0.4, -0.2) is 23.5 Å². The molecule has 44 heavy (non-hydrogen) atoms. The summed E-state index contributed by atoms with van der Waals surface area (Å²) in [5, 5.41) is 0. The summed E-state index contributed by atoms with van der Waals surface area (Å²) in [5.41, 5.74) is -0.109. The van der Waals surface area contributed by atoms with Crippen LogP contribution in [0.5, 0.6) is 0 Å². The van der Waals surface area contributed by atoms with Gasteiger partial charge in [-0.15, -0.1) is 0 Å². The summed E-state index contributed by atoms with van der Waals surface area (Å²) in [6.07, 6.45) is 5.39. The topological polar surface area (TPSA) is 78.9 Å². The molecule has 0 N–H and O–H groups in total. The van der Waals surface area contributed by atoms with Crippen molar-refractivity contribution < 1.29 is 28.6 Å². The first kappa shape index (κ1) is 34.3. The molecule has 1 unspecified atom stereocenters. The van der Waals surface area contributed by atoms with Crippen LogP contribution in [-0.2, 0) is 48.2 Å². The van der Waals surface area contributed by atoms with Gasteiger partial charge in [0.25, 0.3) is 0 Å². The highest BCUT2D eigenvalue weighted by atomic mass is 16.6. The summed E-state index contributed by atoms with van der Waals surface area (Å²) in [6.45, 7) is 9.09. The SMILES string of the molecule is CC(C)C[C@@H](C(=O)OCc1ccccc1)C(CC=CCCc1ccccc1)(C(=O)OCc1ccccc1)C(=O)OC(C)(C)C. The van der Waals surface area contributed by atoms with Crippen molar-refractivity contribution in [2.75, 3.05) is 0 Å². The number of benzene rings is 3. The number of hydrogen-bond acceptors (Lipinski definition) is 6. The van der Waals surface area contributed by atoms with Crippen LogP contribution in [0, 0.1) is 17.3 Å². The molecule has 0 aliphatic rings. The van der Waals surface area contributed by atoms with E-state index in [9.17, 15) is 14.4 Å². The third kappa shape index (κ3) is 10.5. The Labute approximate surface area is 262 Å². The third-order valence-corrected chi connectivity index (χ3v) is 7.20. The first-order chi connectivity index (χ1) is 21.0. The van der Waals surface area contributed by atoms with Crippen molar-refractivity contribution in [2.24, 2.45) is 17.3 Å². The van der Waals surface area contributed by atoms with Crippen molar-refractivity contribution in [3.05, 3.63) is 120 Å². The maximum absolute atomic E-state index is 14.3. The van der Waals surface area contributed by atoms with Crippen LogP contribution >= 0.6 is 0 Å². The highest BCUT2D eigenvalue weighted by Crippen LogP contribution is 2.42. The Morgan fingerprint density at radius 2 is 1.18 bits per heavy atom. The second kappa shape index (κ2) is 16.6. The molecule has 0 aliphatic carbocycles. The largest absolute Gasteiger partial charge is 0.461 e. The average Bonchev–Trinajstić information content (AvgIpc) is 3.00. The van der Waals surface area contributed by atoms with Crippen molar-refractivity contribution in [2.45, 2.75) is 79.1 Å². The standard InChI is InChI=1S/C38H46O6/c1-29(2)26-33(34(39)42-27-31-21-12-7-13-22-31)38(36(41)44-37(3,4)5,35(40)43-28-32-23-14-8-15-24-32)25-17-9-16-20-30-18-10-6-11-19-30/h6-15,17-19,21-24,29,33H,16,20,25-28H2,1-5H3/t33-,38?/m0/s1. The van der Waals surface area contributed by atoms with E-state index < -0.39 is 34.8 Å². The molecule has 6 heteroatoms. The van der Waals surface area contributed by atoms with Gasteiger partial charge < -0.3 is 14.2 Å². The van der Waals surface area contributed by atoms with Gasteiger partial charge in [0.05, 0.1) is 5.92 Å². The fourth-order valence-corrected chi connectivity index (χ4v) is 4.98. The summed E-state index contributed by atoms with van der Waals surface area (Å²) in [6, 6.07) is 28.6. The zero-order valence-corrected chi connectivity index (χ0v) is 26.7. The second-order valence-electron chi connectivity index (χ2n) is 12.5. The van der Waals surface area contributed by atoms with Gasteiger partial charge in [-0.3, -0.25) is 14.4 Å².